The third-order valence-electron chi connectivity index (χ3n) is 3.60. The van der Waals surface area contributed by atoms with Crippen LogP contribution in [0, 0.1) is 0 Å². The Morgan fingerprint density at radius 1 is 1.26 bits per heavy atom. The number of carbonyl (C=O) groups is 1. The van der Waals surface area contributed by atoms with E-state index in [0.29, 0.717) is 43.5 Å². The lowest BCUT2D eigenvalue weighted by Crippen LogP contribution is -2.50. The van der Waals surface area contributed by atoms with E-state index in [-0.39, 0.29) is 6.09 Å². The molecule has 0 spiro atoms. The Kier molecular flexibility index (Phi) is 3.79. The number of aromatic nitrogens is 1. The van der Waals surface area contributed by atoms with E-state index in [4.69, 9.17) is 14.9 Å². The van der Waals surface area contributed by atoms with Crippen molar-refractivity contribution >= 4 is 28.9 Å². The standard InChI is InChI=1S/C16H22N4O3/c1-16(2,3)23-15(21)20-8-6-19(7-9-20)14-18-12-5-4-11(17)10-13(12)22-14/h4-5,10H,6-9,17H2,1-3H3. The van der Waals surface area contributed by atoms with Crippen LogP contribution in [0.15, 0.2) is 22.6 Å². The number of oxazole rings is 1. The zero-order valence-electron chi connectivity index (χ0n) is 13.7. The third-order valence-corrected chi connectivity index (χ3v) is 3.60. The molecule has 0 unspecified atom stereocenters. The van der Waals surface area contributed by atoms with Gasteiger partial charge in [0.05, 0.1) is 0 Å². The summed E-state index contributed by atoms with van der Waals surface area (Å²) >= 11 is 0. The van der Waals surface area contributed by atoms with Gasteiger partial charge in [-0.15, -0.1) is 0 Å². The first-order chi connectivity index (χ1) is 10.8. The minimum absolute atomic E-state index is 0.275. The van der Waals surface area contributed by atoms with Gasteiger partial charge in [0, 0.05) is 37.9 Å². The van der Waals surface area contributed by atoms with Gasteiger partial charge in [-0.1, -0.05) is 0 Å². The summed E-state index contributed by atoms with van der Waals surface area (Å²) in [7, 11) is 0. The van der Waals surface area contributed by atoms with Crippen LogP contribution in [-0.4, -0.2) is 47.8 Å². The Hall–Kier alpha value is -2.44. The van der Waals surface area contributed by atoms with Gasteiger partial charge in [0.1, 0.15) is 11.1 Å². The minimum atomic E-state index is -0.478. The Bertz CT molecular complexity index is 712. The topological polar surface area (TPSA) is 84.8 Å². The van der Waals surface area contributed by atoms with E-state index in [1.165, 1.54) is 0 Å². The summed E-state index contributed by atoms with van der Waals surface area (Å²) in [5, 5.41) is 0. The molecule has 2 aromatic rings. The van der Waals surface area contributed by atoms with Crippen molar-refractivity contribution in [2.75, 3.05) is 36.8 Å². The van der Waals surface area contributed by atoms with Crippen LogP contribution in [0.4, 0.5) is 16.5 Å². The van der Waals surface area contributed by atoms with Crippen molar-refractivity contribution in [1.82, 2.24) is 9.88 Å². The van der Waals surface area contributed by atoms with E-state index in [9.17, 15) is 4.79 Å². The van der Waals surface area contributed by atoms with Gasteiger partial charge in [0.2, 0.25) is 0 Å². The van der Waals surface area contributed by atoms with Crippen molar-refractivity contribution in [3.8, 4) is 0 Å². The second-order valence-electron chi connectivity index (χ2n) is 6.68. The number of rotatable bonds is 1. The second kappa shape index (κ2) is 5.64. The molecule has 0 radical (unpaired) electrons. The highest BCUT2D eigenvalue weighted by atomic mass is 16.6. The van der Waals surface area contributed by atoms with E-state index in [1.807, 2.05) is 31.7 Å². The van der Waals surface area contributed by atoms with Gasteiger partial charge in [0.15, 0.2) is 5.58 Å². The molecule has 1 saturated heterocycles. The molecule has 23 heavy (non-hydrogen) atoms. The largest absolute Gasteiger partial charge is 0.444 e. The monoisotopic (exact) mass is 318 g/mol. The number of nitrogen functional groups attached to an aromatic ring is 1. The molecule has 0 atom stereocenters. The Balaban J connectivity index is 1.65. The molecule has 1 aromatic carbocycles. The Morgan fingerprint density at radius 3 is 2.61 bits per heavy atom. The lowest BCUT2D eigenvalue weighted by molar-refractivity contribution is 0.0239. The molecule has 0 aliphatic carbocycles. The smallest absolute Gasteiger partial charge is 0.410 e. The molecule has 2 N–H and O–H groups in total. The molecule has 1 aliphatic heterocycles. The molecular weight excluding hydrogens is 296 g/mol. The van der Waals surface area contributed by atoms with Crippen LogP contribution in [0.3, 0.4) is 0 Å². The maximum atomic E-state index is 12.1. The van der Waals surface area contributed by atoms with Crippen LogP contribution in [0.5, 0.6) is 0 Å². The first kappa shape index (κ1) is 15.5. The number of nitrogens with two attached hydrogens (primary N) is 1. The number of benzene rings is 1. The van der Waals surface area contributed by atoms with Crippen molar-refractivity contribution in [3.05, 3.63) is 18.2 Å². The maximum absolute atomic E-state index is 12.1. The van der Waals surface area contributed by atoms with Gasteiger partial charge in [-0.25, -0.2) is 4.79 Å². The number of hydrogen-bond donors (Lipinski definition) is 1. The molecule has 3 rings (SSSR count). The van der Waals surface area contributed by atoms with Crippen molar-refractivity contribution in [2.45, 2.75) is 26.4 Å². The highest BCUT2D eigenvalue weighted by Crippen LogP contribution is 2.24. The second-order valence-corrected chi connectivity index (χ2v) is 6.68. The summed E-state index contributed by atoms with van der Waals surface area (Å²) in [5.74, 6) is 0. The normalized spacial score (nSPS) is 16.0. The van der Waals surface area contributed by atoms with E-state index in [0.717, 1.165) is 5.52 Å². The van der Waals surface area contributed by atoms with Gasteiger partial charge in [0.25, 0.3) is 6.01 Å². The quantitative estimate of drug-likeness (QED) is 0.813. The molecule has 7 nitrogen and oxygen atoms in total. The van der Waals surface area contributed by atoms with Crippen LogP contribution < -0.4 is 10.6 Å². The summed E-state index contributed by atoms with van der Waals surface area (Å²) < 4.78 is 11.2. The van der Waals surface area contributed by atoms with Crippen molar-refractivity contribution in [3.63, 3.8) is 0 Å². The molecule has 7 heteroatoms. The number of fused-ring (bicyclic) bond motifs is 1. The lowest BCUT2D eigenvalue weighted by atomic mass is 10.2. The van der Waals surface area contributed by atoms with Crippen molar-refractivity contribution in [2.24, 2.45) is 0 Å². The van der Waals surface area contributed by atoms with Gasteiger partial charge in [-0.2, -0.15) is 4.98 Å². The number of piperazine rings is 1. The molecule has 1 amide bonds. The first-order valence-electron chi connectivity index (χ1n) is 7.71. The number of nitrogens with zero attached hydrogens (tertiary/aromatic N) is 3. The summed E-state index contributed by atoms with van der Waals surface area (Å²) in [6.07, 6.45) is -0.275. The number of amides is 1. The molecule has 1 aliphatic rings. The first-order valence-corrected chi connectivity index (χ1v) is 7.71. The molecule has 1 fully saturated rings. The molecule has 2 heterocycles. The number of anilines is 2. The summed E-state index contributed by atoms with van der Waals surface area (Å²) in [6, 6.07) is 5.97. The van der Waals surface area contributed by atoms with Crippen LogP contribution in [0.25, 0.3) is 11.1 Å². The van der Waals surface area contributed by atoms with Crippen LogP contribution >= 0.6 is 0 Å². The molecule has 124 valence electrons. The fraction of sp³-hybridized carbons (Fsp3) is 0.500. The Morgan fingerprint density at radius 2 is 1.96 bits per heavy atom. The van der Waals surface area contributed by atoms with Gasteiger partial charge >= 0.3 is 6.09 Å². The average molecular weight is 318 g/mol. The number of hydrogen-bond acceptors (Lipinski definition) is 6. The van der Waals surface area contributed by atoms with E-state index >= 15 is 0 Å². The van der Waals surface area contributed by atoms with Crippen LogP contribution in [0.1, 0.15) is 20.8 Å². The van der Waals surface area contributed by atoms with Gasteiger partial charge in [-0.3, -0.25) is 0 Å². The Labute approximate surface area is 135 Å². The van der Waals surface area contributed by atoms with E-state index in [2.05, 4.69) is 4.98 Å². The lowest BCUT2D eigenvalue weighted by Gasteiger charge is -2.34. The molecule has 0 saturated carbocycles. The van der Waals surface area contributed by atoms with Gasteiger partial charge < -0.3 is 24.7 Å². The zero-order valence-corrected chi connectivity index (χ0v) is 13.7. The van der Waals surface area contributed by atoms with Gasteiger partial charge in [-0.05, 0) is 32.9 Å². The van der Waals surface area contributed by atoms with E-state index in [1.54, 1.807) is 17.0 Å². The highest BCUT2D eigenvalue weighted by molar-refractivity contribution is 5.78. The molecule has 0 bridgehead atoms. The summed E-state index contributed by atoms with van der Waals surface area (Å²) in [4.78, 5) is 20.3. The predicted octanol–water partition coefficient (Wildman–Crippen LogP) is 2.47. The minimum Gasteiger partial charge on any atom is -0.444 e. The number of ether oxygens (including phenoxy) is 1. The third kappa shape index (κ3) is 3.49. The van der Waals surface area contributed by atoms with Crippen molar-refractivity contribution < 1.29 is 13.9 Å². The fourth-order valence-corrected chi connectivity index (χ4v) is 2.47. The fourth-order valence-electron chi connectivity index (χ4n) is 2.47. The number of carbonyl (C=O) groups excluding carboxylic acids is 1. The van der Waals surface area contributed by atoms with Crippen LogP contribution in [0.2, 0.25) is 0 Å². The average Bonchev–Trinajstić information content (AvgIpc) is 2.88. The van der Waals surface area contributed by atoms with Crippen molar-refractivity contribution in [1.29, 1.82) is 0 Å². The predicted molar refractivity (Wildman–Crippen MR) is 88.4 cm³/mol. The van der Waals surface area contributed by atoms with Crippen LogP contribution in [-0.2, 0) is 4.74 Å². The zero-order chi connectivity index (χ0) is 16.6. The maximum Gasteiger partial charge on any atom is 0.410 e. The summed E-state index contributed by atoms with van der Waals surface area (Å²) in [5.41, 5.74) is 7.38. The summed E-state index contributed by atoms with van der Waals surface area (Å²) in [6.45, 7) is 8.07. The highest BCUT2D eigenvalue weighted by Gasteiger charge is 2.27. The van der Waals surface area contributed by atoms with E-state index < -0.39 is 5.60 Å². The molecular formula is C16H22N4O3. The SMILES string of the molecule is CC(C)(C)OC(=O)N1CCN(c2nc3ccc(N)cc3o2)CC1. The molecule has 1 aromatic heterocycles.